The lowest BCUT2D eigenvalue weighted by Crippen LogP contribution is -2.67. The van der Waals surface area contributed by atoms with E-state index in [2.05, 4.69) is 76.2 Å². The van der Waals surface area contributed by atoms with E-state index >= 15 is 0 Å². The second kappa shape index (κ2) is 8.10. The first-order valence-electron chi connectivity index (χ1n) is 8.85. The van der Waals surface area contributed by atoms with Crippen molar-refractivity contribution in [3.63, 3.8) is 0 Å². The van der Waals surface area contributed by atoms with E-state index in [0.29, 0.717) is 6.61 Å². The average molecular weight is 343 g/mol. The number of hydrogen-bond acceptors (Lipinski definition) is 2. The summed E-state index contributed by atoms with van der Waals surface area (Å²) in [7, 11) is -2.50. The van der Waals surface area contributed by atoms with Crippen LogP contribution < -0.4 is 10.4 Å². The Kier molecular flexibility index (Phi) is 6.38. The van der Waals surface area contributed by atoms with Gasteiger partial charge in [0.05, 0.1) is 12.7 Å². The van der Waals surface area contributed by atoms with E-state index in [4.69, 9.17) is 4.43 Å². The molecule has 24 heavy (non-hydrogen) atoms. The molecule has 0 amide bonds. The Hall–Kier alpha value is -1.42. The summed E-state index contributed by atoms with van der Waals surface area (Å²) in [5.41, 5.74) is 0. The van der Waals surface area contributed by atoms with Gasteiger partial charge in [-0.05, 0) is 21.8 Å². The minimum atomic E-state index is -2.50. The van der Waals surface area contributed by atoms with E-state index in [-0.39, 0.29) is 5.04 Å². The number of aliphatic hydroxyl groups excluding tert-OH is 1. The second-order valence-electron chi connectivity index (χ2n) is 7.42. The molecule has 0 fully saturated rings. The predicted molar refractivity (Wildman–Crippen MR) is 104 cm³/mol. The molecule has 2 aromatic rings. The Bertz CT molecular complexity index is 565. The van der Waals surface area contributed by atoms with Gasteiger partial charge in [-0.15, -0.1) is 0 Å². The summed E-state index contributed by atoms with van der Waals surface area (Å²) in [5.74, 6) is 0. The summed E-state index contributed by atoms with van der Waals surface area (Å²) in [6.07, 6.45) is 1.33. The van der Waals surface area contributed by atoms with Crippen LogP contribution in [-0.4, -0.2) is 26.1 Å². The van der Waals surface area contributed by atoms with Gasteiger partial charge in [0.25, 0.3) is 8.32 Å². The highest BCUT2D eigenvalue weighted by atomic mass is 28.4. The molecule has 0 aliphatic rings. The first-order valence-corrected chi connectivity index (χ1v) is 10.8. The van der Waals surface area contributed by atoms with Gasteiger partial charge in [-0.25, -0.2) is 0 Å². The van der Waals surface area contributed by atoms with Crippen molar-refractivity contribution in [2.75, 3.05) is 6.61 Å². The second-order valence-corrected chi connectivity index (χ2v) is 11.7. The van der Waals surface area contributed by atoms with Crippen LogP contribution in [0.5, 0.6) is 0 Å². The monoisotopic (exact) mass is 342 g/mol. The lowest BCUT2D eigenvalue weighted by molar-refractivity contribution is 0.0945. The van der Waals surface area contributed by atoms with Crippen molar-refractivity contribution in [1.82, 2.24) is 0 Å². The summed E-state index contributed by atoms with van der Waals surface area (Å²) in [4.78, 5) is 0. The zero-order valence-electron chi connectivity index (χ0n) is 15.3. The van der Waals surface area contributed by atoms with Gasteiger partial charge in [0.15, 0.2) is 0 Å². The van der Waals surface area contributed by atoms with Crippen LogP contribution in [-0.2, 0) is 4.43 Å². The molecule has 3 heteroatoms. The van der Waals surface area contributed by atoms with Crippen LogP contribution >= 0.6 is 0 Å². The Morgan fingerprint density at radius 1 is 0.917 bits per heavy atom. The summed E-state index contributed by atoms with van der Waals surface area (Å²) >= 11 is 0. The first kappa shape index (κ1) is 18.9. The van der Waals surface area contributed by atoms with Gasteiger partial charge < -0.3 is 9.53 Å². The van der Waals surface area contributed by atoms with Crippen LogP contribution in [0.25, 0.3) is 0 Å². The van der Waals surface area contributed by atoms with E-state index in [9.17, 15) is 5.11 Å². The first-order chi connectivity index (χ1) is 11.4. The molecule has 130 valence electrons. The zero-order valence-corrected chi connectivity index (χ0v) is 16.3. The van der Waals surface area contributed by atoms with Crippen molar-refractivity contribution < 1.29 is 9.53 Å². The summed E-state index contributed by atoms with van der Waals surface area (Å²) in [6, 6.07) is 21.1. The van der Waals surface area contributed by atoms with Crippen LogP contribution in [0.4, 0.5) is 0 Å². The quantitative estimate of drug-likeness (QED) is 0.777. The molecule has 0 saturated heterocycles. The third kappa shape index (κ3) is 3.97. The standard InChI is InChI=1S/C21H30O2Si/c1-5-12-18(22)17-23-24(21(2,3)4,19-13-8-6-9-14-19)20-15-10-7-11-16-20/h6-11,13-16,18,22H,5,12,17H2,1-4H3/t18-/m0/s1. The predicted octanol–water partition coefficient (Wildman–Crippen LogP) is 3.72. The molecular formula is C21H30O2Si. The summed E-state index contributed by atoms with van der Waals surface area (Å²) in [5, 5.41) is 12.7. The minimum Gasteiger partial charge on any atom is -0.405 e. The van der Waals surface area contributed by atoms with E-state index in [0.717, 1.165) is 12.8 Å². The minimum absolute atomic E-state index is 0.0400. The lowest BCUT2D eigenvalue weighted by atomic mass is 10.2. The molecule has 1 atom stereocenters. The van der Waals surface area contributed by atoms with Crippen LogP contribution in [0, 0.1) is 0 Å². The van der Waals surface area contributed by atoms with Gasteiger partial charge in [-0.2, -0.15) is 0 Å². The van der Waals surface area contributed by atoms with Gasteiger partial charge in [0.2, 0.25) is 0 Å². The number of hydrogen-bond donors (Lipinski definition) is 1. The topological polar surface area (TPSA) is 29.5 Å². The van der Waals surface area contributed by atoms with Crippen molar-refractivity contribution in [2.45, 2.75) is 51.7 Å². The van der Waals surface area contributed by atoms with Crippen LogP contribution in [0.3, 0.4) is 0 Å². The highest BCUT2D eigenvalue weighted by molar-refractivity contribution is 6.99. The number of aliphatic hydroxyl groups is 1. The van der Waals surface area contributed by atoms with Crippen molar-refractivity contribution in [3.05, 3.63) is 60.7 Å². The van der Waals surface area contributed by atoms with Crippen molar-refractivity contribution in [3.8, 4) is 0 Å². The molecule has 0 unspecified atom stereocenters. The molecule has 2 rings (SSSR count). The van der Waals surface area contributed by atoms with E-state index < -0.39 is 14.4 Å². The van der Waals surface area contributed by atoms with Gasteiger partial charge in [0, 0.05) is 0 Å². The molecule has 0 aliphatic heterocycles. The molecule has 0 aliphatic carbocycles. The summed E-state index contributed by atoms with van der Waals surface area (Å²) < 4.78 is 6.67. The van der Waals surface area contributed by atoms with E-state index in [1.165, 1.54) is 10.4 Å². The van der Waals surface area contributed by atoms with Crippen LogP contribution in [0.15, 0.2) is 60.7 Å². The SMILES string of the molecule is CCC[C@H](O)CO[Si](c1ccccc1)(c1ccccc1)C(C)(C)C. The molecule has 0 radical (unpaired) electrons. The van der Waals surface area contributed by atoms with Crippen LogP contribution in [0.2, 0.25) is 5.04 Å². The van der Waals surface area contributed by atoms with Crippen LogP contribution in [0.1, 0.15) is 40.5 Å². The Labute approximate surface area is 147 Å². The van der Waals surface area contributed by atoms with Crippen molar-refractivity contribution in [1.29, 1.82) is 0 Å². The molecule has 1 N–H and O–H groups in total. The fourth-order valence-corrected chi connectivity index (χ4v) is 8.00. The maximum atomic E-state index is 10.3. The normalized spacial score (nSPS) is 13.7. The fraction of sp³-hybridized carbons (Fsp3) is 0.429. The molecule has 2 nitrogen and oxygen atoms in total. The lowest BCUT2D eigenvalue weighted by Gasteiger charge is -2.43. The smallest absolute Gasteiger partial charge is 0.261 e. The fourth-order valence-electron chi connectivity index (χ4n) is 3.40. The molecule has 0 saturated carbocycles. The molecule has 0 heterocycles. The Balaban J connectivity index is 2.53. The van der Waals surface area contributed by atoms with E-state index in [1.807, 2.05) is 12.1 Å². The highest BCUT2D eigenvalue weighted by Gasteiger charge is 2.50. The largest absolute Gasteiger partial charge is 0.405 e. The Morgan fingerprint density at radius 3 is 1.75 bits per heavy atom. The van der Waals surface area contributed by atoms with Crippen molar-refractivity contribution >= 4 is 18.7 Å². The third-order valence-electron chi connectivity index (χ3n) is 4.53. The van der Waals surface area contributed by atoms with E-state index in [1.54, 1.807) is 0 Å². The zero-order chi connectivity index (χ0) is 17.6. The molecular weight excluding hydrogens is 312 g/mol. The number of benzene rings is 2. The van der Waals surface area contributed by atoms with Gasteiger partial charge in [-0.3, -0.25) is 0 Å². The van der Waals surface area contributed by atoms with Crippen molar-refractivity contribution in [2.24, 2.45) is 0 Å². The molecule has 0 spiro atoms. The maximum absolute atomic E-state index is 10.3. The average Bonchev–Trinajstić information content (AvgIpc) is 2.56. The van der Waals surface area contributed by atoms with Gasteiger partial charge in [-0.1, -0.05) is 94.8 Å². The van der Waals surface area contributed by atoms with Gasteiger partial charge >= 0.3 is 0 Å². The molecule has 0 bridgehead atoms. The summed E-state index contributed by atoms with van der Waals surface area (Å²) in [6.45, 7) is 9.25. The van der Waals surface area contributed by atoms with Gasteiger partial charge in [0.1, 0.15) is 0 Å². The molecule has 2 aromatic carbocycles. The third-order valence-corrected chi connectivity index (χ3v) is 9.54. The highest BCUT2D eigenvalue weighted by Crippen LogP contribution is 2.36. The number of rotatable bonds is 7. The molecule has 0 aromatic heterocycles. The Morgan fingerprint density at radius 2 is 1.38 bits per heavy atom. The maximum Gasteiger partial charge on any atom is 0.261 e.